The lowest BCUT2D eigenvalue weighted by Crippen LogP contribution is -2.00. The van der Waals surface area contributed by atoms with E-state index in [2.05, 4.69) is 10.1 Å². The molecule has 1 aromatic carbocycles. The molecule has 0 saturated heterocycles. The normalized spacial score (nSPS) is 10.6. The van der Waals surface area contributed by atoms with Crippen molar-refractivity contribution in [2.75, 3.05) is 12.8 Å². The lowest BCUT2D eigenvalue weighted by molar-refractivity contribution is 0.174. The van der Waals surface area contributed by atoms with Crippen LogP contribution in [0, 0.1) is 0 Å². The largest absolute Gasteiger partial charge is 0.399 e. The Morgan fingerprint density at radius 2 is 2.00 bits per heavy atom. The number of rotatable bonds is 3. The van der Waals surface area contributed by atoms with Crippen LogP contribution in [0.1, 0.15) is 5.82 Å². The van der Waals surface area contributed by atoms with Crippen LogP contribution in [-0.4, -0.2) is 21.9 Å². The summed E-state index contributed by atoms with van der Waals surface area (Å²) in [6.07, 6.45) is 0. The van der Waals surface area contributed by atoms with Gasteiger partial charge in [-0.3, -0.25) is 4.68 Å². The van der Waals surface area contributed by atoms with E-state index < -0.39 is 0 Å². The minimum atomic E-state index is 0.457. The first-order chi connectivity index (χ1) is 7.70. The fourth-order valence-corrected chi connectivity index (χ4v) is 1.43. The molecule has 1 aromatic heterocycles. The van der Waals surface area contributed by atoms with Gasteiger partial charge in [0.1, 0.15) is 6.61 Å². The second-order valence-electron chi connectivity index (χ2n) is 3.53. The molecule has 1 heterocycles. The van der Waals surface area contributed by atoms with Crippen LogP contribution in [0.5, 0.6) is 0 Å². The molecule has 2 aromatic rings. The van der Waals surface area contributed by atoms with Gasteiger partial charge in [-0.15, -0.1) is 0 Å². The molecule has 2 rings (SSSR count). The monoisotopic (exact) mass is 218 g/mol. The third-order valence-corrected chi connectivity index (χ3v) is 2.30. The van der Waals surface area contributed by atoms with E-state index in [-0.39, 0.29) is 0 Å². The Bertz CT molecular complexity index is 475. The lowest BCUT2D eigenvalue weighted by atomic mass is 10.2. The Morgan fingerprint density at radius 1 is 1.31 bits per heavy atom. The van der Waals surface area contributed by atoms with Crippen molar-refractivity contribution in [3.63, 3.8) is 0 Å². The third-order valence-electron chi connectivity index (χ3n) is 2.30. The molecule has 0 saturated carbocycles. The number of nitrogens with zero attached hydrogens (tertiary/aromatic N) is 3. The molecule has 5 nitrogen and oxygen atoms in total. The van der Waals surface area contributed by atoms with Crippen LogP contribution < -0.4 is 5.73 Å². The number of benzene rings is 1. The first kappa shape index (κ1) is 10.6. The highest BCUT2D eigenvalue weighted by Gasteiger charge is 2.08. The highest BCUT2D eigenvalue weighted by atomic mass is 16.5. The van der Waals surface area contributed by atoms with Crippen LogP contribution in [0.25, 0.3) is 11.4 Å². The van der Waals surface area contributed by atoms with E-state index in [4.69, 9.17) is 10.5 Å². The maximum atomic E-state index is 5.62. The number of anilines is 1. The molecule has 84 valence electrons. The van der Waals surface area contributed by atoms with Gasteiger partial charge >= 0.3 is 0 Å². The van der Waals surface area contributed by atoms with Crippen molar-refractivity contribution in [1.82, 2.24) is 14.8 Å². The topological polar surface area (TPSA) is 66.0 Å². The average Bonchev–Trinajstić information content (AvgIpc) is 2.62. The molecule has 0 bridgehead atoms. The maximum Gasteiger partial charge on any atom is 0.181 e. The molecule has 5 heteroatoms. The standard InChI is InChI=1S/C11H14N4O/c1-15-10(7-16-2)13-11(14-15)8-3-5-9(12)6-4-8/h3-6H,7,12H2,1-2H3. The van der Waals surface area contributed by atoms with Crippen molar-refractivity contribution < 1.29 is 4.74 Å². The van der Waals surface area contributed by atoms with Gasteiger partial charge in [-0.05, 0) is 24.3 Å². The number of hydrogen-bond donors (Lipinski definition) is 1. The maximum absolute atomic E-state index is 5.62. The summed E-state index contributed by atoms with van der Waals surface area (Å²) in [4.78, 5) is 4.39. The average molecular weight is 218 g/mol. The summed E-state index contributed by atoms with van der Waals surface area (Å²) in [6, 6.07) is 7.48. The molecule has 0 amide bonds. The minimum absolute atomic E-state index is 0.457. The SMILES string of the molecule is COCc1nc(-c2ccc(N)cc2)nn1C. The van der Waals surface area contributed by atoms with Crippen LogP contribution in [0.2, 0.25) is 0 Å². The van der Waals surface area contributed by atoms with Crippen molar-refractivity contribution in [3.05, 3.63) is 30.1 Å². The van der Waals surface area contributed by atoms with E-state index in [1.807, 2.05) is 31.3 Å². The van der Waals surface area contributed by atoms with E-state index in [1.165, 1.54) is 0 Å². The number of hydrogen-bond acceptors (Lipinski definition) is 4. The zero-order valence-electron chi connectivity index (χ0n) is 9.34. The van der Waals surface area contributed by atoms with Gasteiger partial charge in [-0.25, -0.2) is 4.98 Å². The van der Waals surface area contributed by atoms with Crippen molar-refractivity contribution in [1.29, 1.82) is 0 Å². The zero-order valence-corrected chi connectivity index (χ0v) is 9.34. The quantitative estimate of drug-likeness (QED) is 0.786. The van der Waals surface area contributed by atoms with Gasteiger partial charge in [0.2, 0.25) is 0 Å². The van der Waals surface area contributed by atoms with Crippen molar-refractivity contribution in [2.45, 2.75) is 6.61 Å². The molecular weight excluding hydrogens is 204 g/mol. The van der Waals surface area contributed by atoms with Crippen LogP contribution in [0.15, 0.2) is 24.3 Å². The van der Waals surface area contributed by atoms with Crippen molar-refractivity contribution in [3.8, 4) is 11.4 Å². The predicted octanol–water partition coefficient (Wildman–Crippen LogP) is 1.21. The minimum Gasteiger partial charge on any atom is -0.399 e. The van der Waals surface area contributed by atoms with Gasteiger partial charge in [-0.1, -0.05) is 0 Å². The Morgan fingerprint density at radius 3 is 2.62 bits per heavy atom. The van der Waals surface area contributed by atoms with Gasteiger partial charge in [0.05, 0.1) is 0 Å². The lowest BCUT2D eigenvalue weighted by Gasteiger charge is -1.95. The summed E-state index contributed by atoms with van der Waals surface area (Å²) in [5.74, 6) is 1.49. The van der Waals surface area contributed by atoms with Gasteiger partial charge in [0, 0.05) is 25.4 Å². The second-order valence-corrected chi connectivity index (χ2v) is 3.53. The fourth-order valence-electron chi connectivity index (χ4n) is 1.43. The second kappa shape index (κ2) is 4.32. The summed E-state index contributed by atoms with van der Waals surface area (Å²) in [6.45, 7) is 0.457. The summed E-state index contributed by atoms with van der Waals surface area (Å²) >= 11 is 0. The summed E-state index contributed by atoms with van der Waals surface area (Å²) < 4.78 is 6.75. The van der Waals surface area contributed by atoms with Crippen LogP contribution in [0.4, 0.5) is 5.69 Å². The van der Waals surface area contributed by atoms with E-state index in [9.17, 15) is 0 Å². The molecular formula is C11H14N4O. The number of nitrogen functional groups attached to an aromatic ring is 1. The van der Waals surface area contributed by atoms with Crippen molar-refractivity contribution >= 4 is 5.69 Å². The molecule has 0 aliphatic rings. The van der Waals surface area contributed by atoms with Crippen LogP contribution >= 0.6 is 0 Å². The highest BCUT2D eigenvalue weighted by Crippen LogP contribution is 2.17. The summed E-state index contributed by atoms with van der Waals surface area (Å²) in [5, 5.41) is 4.31. The molecule has 0 aliphatic heterocycles. The molecule has 0 aliphatic carbocycles. The van der Waals surface area contributed by atoms with Gasteiger partial charge < -0.3 is 10.5 Å². The Kier molecular flexibility index (Phi) is 2.87. The highest BCUT2D eigenvalue weighted by molar-refractivity contribution is 5.58. The Labute approximate surface area is 93.9 Å². The molecule has 0 fully saturated rings. The van der Waals surface area contributed by atoms with Crippen LogP contribution in [-0.2, 0) is 18.4 Å². The van der Waals surface area contributed by atoms with Gasteiger partial charge in [0.15, 0.2) is 11.6 Å². The predicted molar refractivity (Wildman–Crippen MR) is 61.6 cm³/mol. The molecule has 0 spiro atoms. The molecule has 16 heavy (non-hydrogen) atoms. The van der Waals surface area contributed by atoms with E-state index in [0.29, 0.717) is 12.4 Å². The molecule has 0 atom stereocenters. The summed E-state index contributed by atoms with van der Waals surface area (Å²) in [7, 11) is 3.49. The summed E-state index contributed by atoms with van der Waals surface area (Å²) in [5.41, 5.74) is 7.31. The first-order valence-electron chi connectivity index (χ1n) is 4.95. The van der Waals surface area contributed by atoms with E-state index >= 15 is 0 Å². The fraction of sp³-hybridized carbons (Fsp3) is 0.273. The van der Waals surface area contributed by atoms with E-state index in [1.54, 1.807) is 11.8 Å². The van der Waals surface area contributed by atoms with Gasteiger partial charge in [0.25, 0.3) is 0 Å². The number of aryl methyl sites for hydroxylation is 1. The first-order valence-corrected chi connectivity index (χ1v) is 4.95. The van der Waals surface area contributed by atoms with Gasteiger partial charge in [-0.2, -0.15) is 5.10 Å². The van der Waals surface area contributed by atoms with Crippen LogP contribution in [0.3, 0.4) is 0 Å². The number of methoxy groups -OCH3 is 1. The molecule has 0 unspecified atom stereocenters. The Balaban J connectivity index is 2.33. The smallest absolute Gasteiger partial charge is 0.181 e. The Hall–Kier alpha value is -1.88. The zero-order chi connectivity index (χ0) is 11.5. The van der Waals surface area contributed by atoms with Crippen molar-refractivity contribution in [2.24, 2.45) is 7.05 Å². The molecule has 0 radical (unpaired) electrons. The van der Waals surface area contributed by atoms with E-state index in [0.717, 1.165) is 17.1 Å². The number of nitrogens with two attached hydrogens (primary N) is 1. The number of ether oxygens (including phenoxy) is 1. The number of aromatic nitrogens is 3. The third kappa shape index (κ3) is 2.04. The molecule has 2 N–H and O–H groups in total.